The number of rotatable bonds is 5. The number of nitrogens with zero attached hydrogens (tertiary/aromatic N) is 2. The average Bonchev–Trinajstić information content (AvgIpc) is 3.04. The van der Waals surface area contributed by atoms with E-state index in [1.807, 2.05) is 0 Å². The molecule has 1 atom stereocenters. The van der Waals surface area contributed by atoms with Gasteiger partial charge in [0.15, 0.2) is 11.6 Å². The van der Waals surface area contributed by atoms with Gasteiger partial charge in [0.2, 0.25) is 0 Å². The molecule has 0 radical (unpaired) electrons. The minimum atomic E-state index is -0.281. The van der Waals surface area contributed by atoms with Crippen molar-refractivity contribution < 1.29 is 9.13 Å². The fourth-order valence-corrected chi connectivity index (χ4v) is 3.15. The predicted molar refractivity (Wildman–Crippen MR) is 81.2 cm³/mol. The van der Waals surface area contributed by atoms with E-state index in [1.54, 1.807) is 18.2 Å². The quantitative estimate of drug-likeness (QED) is 0.882. The maximum absolute atomic E-state index is 13.4. The van der Waals surface area contributed by atoms with E-state index < -0.39 is 0 Å². The monoisotopic (exact) mass is 293 g/mol. The van der Waals surface area contributed by atoms with Gasteiger partial charge in [-0.3, -0.25) is 9.80 Å². The Labute approximate surface area is 125 Å². The van der Waals surface area contributed by atoms with Crippen molar-refractivity contribution in [3.63, 3.8) is 0 Å². The van der Waals surface area contributed by atoms with Crippen molar-refractivity contribution in [1.29, 1.82) is 0 Å². The normalized spacial score (nSPS) is 24.3. The van der Waals surface area contributed by atoms with Crippen molar-refractivity contribution in [2.24, 2.45) is 0 Å². The van der Waals surface area contributed by atoms with E-state index in [2.05, 4.69) is 15.1 Å². The molecule has 0 aliphatic carbocycles. The standard InChI is InChI=1S/C16H24FN3O/c17-15-3-1-2-4-16(15)21-12-11-19-7-9-20(10-8-19)14-5-6-18-13-14/h1-4,14,18H,5-13H2. The summed E-state index contributed by atoms with van der Waals surface area (Å²) < 4.78 is 19.0. The van der Waals surface area contributed by atoms with Crippen molar-refractivity contribution in [1.82, 2.24) is 15.1 Å². The summed E-state index contributed by atoms with van der Waals surface area (Å²) in [6, 6.07) is 7.32. The molecule has 0 spiro atoms. The first-order valence-corrected chi connectivity index (χ1v) is 7.87. The first kappa shape index (κ1) is 14.8. The van der Waals surface area contributed by atoms with Crippen molar-refractivity contribution in [2.75, 3.05) is 52.4 Å². The van der Waals surface area contributed by atoms with Gasteiger partial charge < -0.3 is 10.1 Å². The Bertz CT molecular complexity index is 443. The number of ether oxygens (including phenoxy) is 1. The molecular formula is C16H24FN3O. The van der Waals surface area contributed by atoms with Crippen molar-refractivity contribution >= 4 is 0 Å². The Hall–Kier alpha value is -1.17. The molecule has 1 aromatic rings. The van der Waals surface area contributed by atoms with Crippen molar-refractivity contribution in [2.45, 2.75) is 12.5 Å². The van der Waals surface area contributed by atoms with Crippen LogP contribution in [0.1, 0.15) is 6.42 Å². The minimum Gasteiger partial charge on any atom is -0.489 e. The molecule has 0 saturated carbocycles. The molecule has 3 rings (SSSR count). The lowest BCUT2D eigenvalue weighted by Crippen LogP contribution is -2.51. The topological polar surface area (TPSA) is 27.7 Å². The molecule has 1 aromatic carbocycles. The van der Waals surface area contributed by atoms with Gasteiger partial charge >= 0.3 is 0 Å². The van der Waals surface area contributed by atoms with Gasteiger partial charge in [0.05, 0.1) is 0 Å². The lowest BCUT2D eigenvalue weighted by molar-refractivity contribution is 0.0915. The van der Waals surface area contributed by atoms with Crippen LogP contribution in [0, 0.1) is 5.82 Å². The molecule has 2 aliphatic heterocycles. The summed E-state index contributed by atoms with van der Waals surface area (Å²) in [5, 5.41) is 3.43. The summed E-state index contributed by atoms with van der Waals surface area (Å²) >= 11 is 0. The minimum absolute atomic E-state index is 0.281. The van der Waals surface area contributed by atoms with E-state index in [0.29, 0.717) is 12.4 Å². The van der Waals surface area contributed by atoms with Crippen LogP contribution in [0.15, 0.2) is 24.3 Å². The third kappa shape index (κ3) is 3.93. The SMILES string of the molecule is Fc1ccccc1OCCN1CCN(C2CCNC2)CC1. The third-order valence-corrected chi connectivity index (χ3v) is 4.46. The highest BCUT2D eigenvalue weighted by atomic mass is 19.1. The van der Waals surface area contributed by atoms with Crippen LogP contribution < -0.4 is 10.1 Å². The molecule has 2 saturated heterocycles. The fourth-order valence-electron chi connectivity index (χ4n) is 3.15. The van der Waals surface area contributed by atoms with E-state index in [1.165, 1.54) is 12.5 Å². The average molecular weight is 293 g/mol. The molecule has 2 aliphatic rings. The predicted octanol–water partition coefficient (Wildman–Crippen LogP) is 1.18. The smallest absolute Gasteiger partial charge is 0.165 e. The Morgan fingerprint density at radius 2 is 2.00 bits per heavy atom. The summed E-state index contributed by atoms with van der Waals surface area (Å²) in [6.07, 6.45) is 1.27. The number of nitrogens with one attached hydrogen (secondary N) is 1. The molecule has 0 amide bonds. The lowest BCUT2D eigenvalue weighted by atomic mass is 10.2. The van der Waals surface area contributed by atoms with E-state index >= 15 is 0 Å². The van der Waals surface area contributed by atoms with Crippen molar-refractivity contribution in [3.8, 4) is 5.75 Å². The summed E-state index contributed by atoms with van der Waals surface area (Å²) in [5.41, 5.74) is 0. The lowest BCUT2D eigenvalue weighted by Gasteiger charge is -2.37. The molecule has 5 heteroatoms. The van der Waals surface area contributed by atoms with Crippen LogP contribution in [0.2, 0.25) is 0 Å². The zero-order valence-electron chi connectivity index (χ0n) is 12.4. The van der Waals surface area contributed by atoms with Crippen LogP contribution in [0.25, 0.3) is 0 Å². The third-order valence-electron chi connectivity index (χ3n) is 4.46. The first-order valence-electron chi connectivity index (χ1n) is 7.87. The maximum atomic E-state index is 13.4. The van der Waals surface area contributed by atoms with Gasteiger partial charge in [0.1, 0.15) is 6.61 Å². The van der Waals surface area contributed by atoms with Gasteiger partial charge in [-0.25, -0.2) is 4.39 Å². The van der Waals surface area contributed by atoms with Gasteiger partial charge in [0, 0.05) is 45.3 Å². The molecule has 0 aromatic heterocycles. The molecule has 1 N–H and O–H groups in total. The highest BCUT2D eigenvalue weighted by molar-refractivity contribution is 5.23. The molecule has 0 bridgehead atoms. The first-order chi connectivity index (χ1) is 10.3. The number of para-hydroxylation sites is 1. The number of hydrogen-bond acceptors (Lipinski definition) is 4. The van der Waals surface area contributed by atoms with Crippen molar-refractivity contribution in [3.05, 3.63) is 30.1 Å². The number of hydrogen-bond donors (Lipinski definition) is 1. The van der Waals surface area contributed by atoms with Crippen LogP contribution in [0.3, 0.4) is 0 Å². The molecule has 21 heavy (non-hydrogen) atoms. The molecular weight excluding hydrogens is 269 g/mol. The second-order valence-corrected chi connectivity index (χ2v) is 5.80. The van der Waals surface area contributed by atoms with Crippen LogP contribution in [0.4, 0.5) is 4.39 Å². The Morgan fingerprint density at radius 1 is 1.19 bits per heavy atom. The number of piperazine rings is 1. The zero-order valence-corrected chi connectivity index (χ0v) is 12.4. The van der Waals surface area contributed by atoms with Gasteiger partial charge in [-0.05, 0) is 25.1 Å². The summed E-state index contributed by atoms with van der Waals surface area (Å²) in [6.45, 7) is 8.13. The molecule has 1 unspecified atom stereocenters. The van der Waals surface area contributed by atoms with E-state index in [0.717, 1.165) is 51.9 Å². The highest BCUT2D eigenvalue weighted by Crippen LogP contribution is 2.15. The van der Waals surface area contributed by atoms with Gasteiger partial charge in [-0.2, -0.15) is 0 Å². The second kappa shape index (κ2) is 7.20. The number of benzene rings is 1. The summed E-state index contributed by atoms with van der Waals surface area (Å²) in [4.78, 5) is 4.99. The number of halogens is 1. The second-order valence-electron chi connectivity index (χ2n) is 5.80. The molecule has 2 fully saturated rings. The van der Waals surface area contributed by atoms with Crippen LogP contribution in [-0.2, 0) is 0 Å². The Morgan fingerprint density at radius 3 is 2.71 bits per heavy atom. The van der Waals surface area contributed by atoms with E-state index in [-0.39, 0.29) is 5.82 Å². The van der Waals surface area contributed by atoms with E-state index in [4.69, 9.17) is 4.74 Å². The Balaban J connectivity index is 1.37. The zero-order chi connectivity index (χ0) is 14.5. The molecule has 4 nitrogen and oxygen atoms in total. The maximum Gasteiger partial charge on any atom is 0.165 e. The van der Waals surface area contributed by atoms with Gasteiger partial charge in [-0.15, -0.1) is 0 Å². The summed E-state index contributed by atoms with van der Waals surface area (Å²) in [5.74, 6) is 0.0734. The van der Waals surface area contributed by atoms with Crippen LogP contribution >= 0.6 is 0 Å². The largest absolute Gasteiger partial charge is 0.489 e. The molecule has 2 heterocycles. The van der Waals surface area contributed by atoms with Crippen LogP contribution in [0.5, 0.6) is 5.75 Å². The van der Waals surface area contributed by atoms with Gasteiger partial charge in [0.25, 0.3) is 0 Å². The summed E-state index contributed by atoms with van der Waals surface area (Å²) in [7, 11) is 0. The van der Waals surface area contributed by atoms with E-state index in [9.17, 15) is 4.39 Å². The van der Waals surface area contributed by atoms with Gasteiger partial charge in [-0.1, -0.05) is 12.1 Å². The fraction of sp³-hybridized carbons (Fsp3) is 0.625. The highest BCUT2D eigenvalue weighted by Gasteiger charge is 2.25. The van der Waals surface area contributed by atoms with Crippen LogP contribution in [-0.4, -0.2) is 68.3 Å². The Kier molecular flexibility index (Phi) is 5.06. The molecule has 116 valence electrons.